The normalized spacial score (nSPS) is 12.8. The number of hydrogen-bond acceptors (Lipinski definition) is 5. The van der Waals surface area contributed by atoms with Crippen LogP contribution >= 0.6 is 0 Å². The van der Waals surface area contributed by atoms with E-state index in [0.29, 0.717) is 0 Å². The molecule has 0 radical (unpaired) electrons. The number of sulfone groups is 1. The maximum atomic E-state index is 11.0. The van der Waals surface area contributed by atoms with Crippen molar-refractivity contribution in [2.45, 2.75) is 12.5 Å². The second-order valence-corrected chi connectivity index (χ2v) is 5.72. The molecule has 0 spiro atoms. The molecular formula is C8H16N2O6S. The minimum Gasteiger partial charge on any atom is -0.479 e. The first-order valence-corrected chi connectivity index (χ1v) is 6.88. The maximum Gasteiger partial charge on any atom is 0.332 e. The Kier molecular flexibility index (Phi) is 6.51. The van der Waals surface area contributed by atoms with Crippen LogP contribution in [0.5, 0.6) is 0 Å². The first-order chi connectivity index (χ1) is 7.72. The lowest BCUT2D eigenvalue weighted by Gasteiger charge is -2.08. The molecule has 0 aliphatic carbocycles. The van der Waals surface area contributed by atoms with E-state index >= 15 is 0 Å². The Labute approximate surface area is 98.9 Å². The summed E-state index contributed by atoms with van der Waals surface area (Å²) in [5.41, 5.74) is 0. The summed E-state index contributed by atoms with van der Waals surface area (Å²) in [5.74, 6) is -1.53. The van der Waals surface area contributed by atoms with Crippen molar-refractivity contribution < 1.29 is 28.2 Å². The van der Waals surface area contributed by atoms with Gasteiger partial charge in [-0.25, -0.2) is 18.0 Å². The molecule has 17 heavy (non-hydrogen) atoms. The zero-order chi connectivity index (χ0) is 13.5. The zero-order valence-electron chi connectivity index (χ0n) is 9.34. The van der Waals surface area contributed by atoms with Crippen LogP contribution in [0.4, 0.5) is 4.79 Å². The Bertz CT molecular complexity index is 366. The molecule has 0 aromatic rings. The number of aliphatic hydroxyl groups is 1. The largest absolute Gasteiger partial charge is 0.479 e. The predicted octanol–water partition coefficient (Wildman–Crippen LogP) is -1.83. The molecule has 0 aliphatic heterocycles. The van der Waals surface area contributed by atoms with Gasteiger partial charge in [0.25, 0.3) is 0 Å². The van der Waals surface area contributed by atoms with E-state index in [4.69, 9.17) is 10.2 Å². The second-order valence-electron chi connectivity index (χ2n) is 3.46. The number of hydrogen-bond donors (Lipinski definition) is 4. The Morgan fingerprint density at radius 2 is 1.76 bits per heavy atom. The molecule has 100 valence electrons. The van der Waals surface area contributed by atoms with Gasteiger partial charge in [-0.3, -0.25) is 0 Å². The summed E-state index contributed by atoms with van der Waals surface area (Å²) in [6.07, 6.45) is -0.587. The molecule has 0 fully saturated rings. The molecule has 9 heteroatoms. The third kappa shape index (κ3) is 9.57. The van der Waals surface area contributed by atoms with Crippen LogP contribution in [0.2, 0.25) is 0 Å². The molecule has 0 aromatic carbocycles. The van der Waals surface area contributed by atoms with Crippen molar-refractivity contribution in [3.05, 3.63) is 0 Å². The van der Waals surface area contributed by atoms with Crippen molar-refractivity contribution in [1.82, 2.24) is 10.6 Å². The highest BCUT2D eigenvalue weighted by Crippen LogP contribution is 1.89. The Hall–Kier alpha value is -1.35. The van der Waals surface area contributed by atoms with Gasteiger partial charge in [0.2, 0.25) is 0 Å². The van der Waals surface area contributed by atoms with E-state index in [2.05, 4.69) is 10.6 Å². The summed E-state index contributed by atoms with van der Waals surface area (Å²) >= 11 is 0. The molecule has 8 nitrogen and oxygen atoms in total. The average molecular weight is 268 g/mol. The highest BCUT2D eigenvalue weighted by atomic mass is 32.2. The average Bonchev–Trinajstić information content (AvgIpc) is 2.15. The van der Waals surface area contributed by atoms with Crippen LogP contribution in [0.3, 0.4) is 0 Å². The van der Waals surface area contributed by atoms with Gasteiger partial charge in [-0.05, 0) is 0 Å². The van der Waals surface area contributed by atoms with Crippen molar-refractivity contribution >= 4 is 21.8 Å². The van der Waals surface area contributed by atoms with Crippen LogP contribution in [0.15, 0.2) is 0 Å². The Morgan fingerprint density at radius 3 is 2.24 bits per heavy atom. The lowest BCUT2D eigenvalue weighted by molar-refractivity contribution is -0.146. The molecule has 0 aliphatic rings. The maximum absolute atomic E-state index is 11.0. The van der Waals surface area contributed by atoms with Crippen molar-refractivity contribution in [2.75, 3.05) is 25.1 Å². The fourth-order valence-corrected chi connectivity index (χ4v) is 1.33. The van der Waals surface area contributed by atoms with Gasteiger partial charge in [0.1, 0.15) is 9.84 Å². The number of nitrogens with one attached hydrogen (secondary N) is 2. The van der Waals surface area contributed by atoms with Gasteiger partial charge in [-0.1, -0.05) is 0 Å². The summed E-state index contributed by atoms with van der Waals surface area (Å²) in [7, 11) is -3.13. The topological polar surface area (TPSA) is 133 Å². The fraction of sp³-hybridized carbons (Fsp3) is 0.750. The number of carboxylic acids is 1. The molecule has 4 N–H and O–H groups in total. The van der Waals surface area contributed by atoms with Gasteiger partial charge >= 0.3 is 12.0 Å². The minimum absolute atomic E-state index is 0.0157. The van der Waals surface area contributed by atoms with E-state index in [0.717, 1.165) is 6.26 Å². The standard InChI is InChI=1S/C8H16N2O6S/c1-17(15,16)5-4-10-8(14)9-3-2-6(11)7(12)13/h6,11H,2-5H2,1H3,(H,12,13)(H2,9,10,14)/t6-/m0/s1. The van der Waals surface area contributed by atoms with Gasteiger partial charge in [-0.2, -0.15) is 0 Å². The van der Waals surface area contributed by atoms with Crippen LogP contribution in [0.1, 0.15) is 6.42 Å². The Balaban J connectivity index is 3.64. The molecule has 0 unspecified atom stereocenters. The van der Waals surface area contributed by atoms with Gasteiger partial charge in [0.15, 0.2) is 6.10 Å². The first-order valence-electron chi connectivity index (χ1n) is 4.82. The smallest absolute Gasteiger partial charge is 0.332 e. The molecule has 0 heterocycles. The van der Waals surface area contributed by atoms with Crippen LogP contribution in [0, 0.1) is 0 Å². The number of aliphatic carboxylic acids is 1. The van der Waals surface area contributed by atoms with Crippen molar-refractivity contribution in [1.29, 1.82) is 0 Å². The van der Waals surface area contributed by atoms with E-state index in [9.17, 15) is 18.0 Å². The molecule has 2 amide bonds. The second kappa shape index (κ2) is 7.07. The quantitative estimate of drug-likeness (QED) is 0.429. The van der Waals surface area contributed by atoms with E-state index in [1.165, 1.54) is 0 Å². The third-order valence-corrected chi connectivity index (χ3v) is 2.69. The number of rotatable bonds is 7. The van der Waals surface area contributed by atoms with Crippen molar-refractivity contribution in [2.24, 2.45) is 0 Å². The fourth-order valence-electron chi connectivity index (χ4n) is 0.858. The van der Waals surface area contributed by atoms with Crippen molar-refractivity contribution in [3.8, 4) is 0 Å². The van der Waals surface area contributed by atoms with Crippen LogP contribution in [-0.2, 0) is 14.6 Å². The van der Waals surface area contributed by atoms with Gasteiger partial charge in [0.05, 0.1) is 5.75 Å². The molecule has 0 rings (SSSR count). The molecule has 0 saturated heterocycles. The number of carbonyl (C=O) groups excluding carboxylic acids is 1. The molecule has 0 aromatic heterocycles. The third-order valence-electron chi connectivity index (χ3n) is 1.75. The first kappa shape index (κ1) is 15.7. The van der Waals surface area contributed by atoms with Crippen molar-refractivity contribution in [3.63, 3.8) is 0 Å². The number of carboxylic acid groups (broad SMARTS) is 1. The molecule has 0 saturated carbocycles. The number of urea groups is 1. The highest BCUT2D eigenvalue weighted by Gasteiger charge is 2.12. The number of amides is 2. The highest BCUT2D eigenvalue weighted by molar-refractivity contribution is 7.90. The van der Waals surface area contributed by atoms with Crippen LogP contribution in [0.25, 0.3) is 0 Å². The monoisotopic (exact) mass is 268 g/mol. The summed E-state index contributed by atoms with van der Waals surface area (Å²) in [6.45, 7) is -0.0374. The lowest BCUT2D eigenvalue weighted by atomic mass is 10.2. The van der Waals surface area contributed by atoms with E-state index in [-0.39, 0.29) is 25.3 Å². The van der Waals surface area contributed by atoms with Gasteiger partial charge < -0.3 is 20.8 Å². The van der Waals surface area contributed by atoms with Gasteiger partial charge in [0, 0.05) is 25.8 Å². The van der Waals surface area contributed by atoms with Crippen LogP contribution < -0.4 is 10.6 Å². The van der Waals surface area contributed by atoms with E-state index < -0.39 is 27.9 Å². The van der Waals surface area contributed by atoms with Crippen LogP contribution in [-0.4, -0.2) is 61.8 Å². The number of carbonyl (C=O) groups is 2. The van der Waals surface area contributed by atoms with E-state index in [1.54, 1.807) is 0 Å². The van der Waals surface area contributed by atoms with E-state index in [1.807, 2.05) is 0 Å². The summed E-state index contributed by atoms with van der Waals surface area (Å²) in [4.78, 5) is 21.2. The predicted molar refractivity (Wildman–Crippen MR) is 59.4 cm³/mol. The Morgan fingerprint density at radius 1 is 1.24 bits per heavy atom. The minimum atomic E-state index is -3.13. The van der Waals surface area contributed by atoms with Gasteiger partial charge in [-0.15, -0.1) is 0 Å². The summed E-state index contributed by atoms with van der Waals surface area (Å²) in [6, 6.07) is -0.605. The molecule has 1 atom stereocenters. The lowest BCUT2D eigenvalue weighted by Crippen LogP contribution is -2.39. The summed E-state index contributed by atoms with van der Waals surface area (Å²) < 4.78 is 21.4. The SMILES string of the molecule is CS(=O)(=O)CCNC(=O)NCC[C@H](O)C(=O)O. The molecule has 0 bridgehead atoms. The number of aliphatic hydroxyl groups excluding tert-OH is 1. The zero-order valence-corrected chi connectivity index (χ0v) is 10.2. The molecular weight excluding hydrogens is 252 g/mol. The summed E-state index contributed by atoms with van der Waals surface area (Å²) in [5, 5.41) is 21.8.